The maximum Gasteiger partial charge on any atom is 0.324 e. The van der Waals surface area contributed by atoms with Crippen LogP contribution >= 0.6 is 11.6 Å². The third-order valence-electron chi connectivity index (χ3n) is 7.12. The number of ether oxygens (including phenoxy) is 1. The maximum absolute atomic E-state index is 13.3. The van der Waals surface area contributed by atoms with Crippen molar-refractivity contribution in [3.05, 3.63) is 120 Å². The van der Waals surface area contributed by atoms with Gasteiger partial charge in [-0.15, -0.1) is 0 Å². The fourth-order valence-electron chi connectivity index (χ4n) is 4.89. The van der Waals surface area contributed by atoms with Gasteiger partial charge in [0.2, 0.25) is 11.8 Å². The summed E-state index contributed by atoms with van der Waals surface area (Å²) in [7, 11) is 0. The van der Waals surface area contributed by atoms with Crippen LogP contribution in [0.15, 0.2) is 103 Å². The van der Waals surface area contributed by atoms with Crippen molar-refractivity contribution in [3.63, 3.8) is 0 Å². The van der Waals surface area contributed by atoms with Crippen molar-refractivity contribution in [1.29, 1.82) is 0 Å². The average molecular weight is 618 g/mol. The third-order valence-corrected chi connectivity index (χ3v) is 7.36. The number of rotatable bonds is 10. The van der Waals surface area contributed by atoms with Crippen LogP contribution in [0.25, 0.3) is 16.5 Å². The van der Waals surface area contributed by atoms with Crippen LogP contribution in [0.4, 0.5) is 27.9 Å². The lowest BCUT2D eigenvalue weighted by atomic mass is 10.1. The van der Waals surface area contributed by atoms with E-state index in [0.29, 0.717) is 34.1 Å². The number of aryl methyl sites for hydroxylation is 2. The highest BCUT2D eigenvalue weighted by Gasteiger charge is 2.15. The number of unbranched alkanes of at least 4 members (excludes halogenated alkanes) is 1. The number of benzene rings is 4. The predicted molar refractivity (Wildman–Crippen MR) is 180 cm³/mol. The second kappa shape index (κ2) is 13.5. The van der Waals surface area contributed by atoms with Gasteiger partial charge in [0.05, 0.1) is 17.1 Å². The zero-order valence-electron chi connectivity index (χ0n) is 24.9. The zero-order valence-corrected chi connectivity index (χ0v) is 25.7. The molecule has 0 bridgehead atoms. The molecule has 0 spiro atoms. The first kappa shape index (κ1) is 29.7. The van der Waals surface area contributed by atoms with E-state index in [0.717, 1.165) is 52.7 Å². The van der Waals surface area contributed by atoms with Crippen LogP contribution in [0.2, 0.25) is 5.02 Å². The quantitative estimate of drug-likeness (QED) is 0.141. The molecular formula is C35H32ClN7O2. The van der Waals surface area contributed by atoms with Crippen molar-refractivity contribution in [2.45, 2.75) is 33.1 Å². The van der Waals surface area contributed by atoms with E-state index in [-0.39, 0.29) is 6.03 Å². The van der Waals surface area contributed by atoms with E-state index in [1.54, 1.807) is 29.1 Å². The number of hydrogen-bond donors (Lipinski definition) is 3. The lowest BCUT2D eigenvalue weighted by Gasteiger charge is -2.14. The van der Waals surface area contributed by atoms with E-state index < -0.39 is 0 Å². The molecule has 2 heterocycles. The number of anilines is 4. The van der Waals surface area contributed by atoms with Gasteiger partial charge < -0.3 is 15.4 Å². The number of aromatic nitrogens is 4. The molecule has 0 fully saturated rings. The third kappa shape index (κ3) is 7.22. The van der Waals surface area contributed by atoms with E-state index >= 15 is 0 Å². The molecule has 9 nitrogen and oxygen atoms in total. The first-order chi connectivity index (χ1) is 21.9. The molecule has 2 amide bonds. The van der Waals surface area contributed by atoms with Crippen LogP contribution in [0.3, 0.4) is 0 Å². The second-order valence-corrected chi connectivity index (χ2v) is 11.0. The van der Waals surface area contributed by atoms with Crippen molar-refractivity contribution < 1.29 is 9.53 Å². The van der Waals surface area contributed by atoms with E-state index in [1.165, 1.54) is 0 Å². The molecule has 6 aromatic rings. The second-order valence-electron chi connectivity index (χ2n) is 10.6. The summed E-state index contributed by atoms with van der Waals surface area (Å²) < 4.78 is 7.97. The fourth-order valence-corrected chi connectivity index (χ4v) is 5.08. The number of urea groups is 1. The lowest BCUT2D eigenvalue weighted by molar-refractivity contribution is 0.262. The van der Waals surface area contributed by atoms with E-state index in [2.05, 4.69) is 32.8 Å². The minimum Gasteiger partial charge on any atom is -0.438 e. The minimum atomic E-state index is -0.378. The number of nitrogens with zero attached hydrogens (tertiary/aromatic N) is 4. The number of nitrogens with one attached hydrogen (secondary N) is 3. The van der Waals surface area contributed by atoms with E-state index in [9.17, 15) is 4.79 Å². The Hall–Kier alpha value is -5.41. The fraction of sp³-hybridized carbons (Fsp3) is 0.143. The lowest BCUT2D eigenvalue weighted by Crippen LogP contribution is -2.21. The van der Waals surface area contributed by atoms with Crippen LogP contribution < -0.4 is 20.7 Å². The topological polar surface area (TPSA) is 106 Å². The smallest absolute Gasteiger partial charge is 0.324 e. The van der Waals surface area contributed by atoms with E-state index in [1.807, 2.05) is 85.8 Å². The van der Waals surface area contributed by atoms with Crippen LogP contribution in [0.1, 0.15) is 31.0 Å². The number of fused-ring (bicyclic) bond motifs is 1. The molecule has 0 saturated heterocycles. The molecule has 10 heteroatoms. The molecule has 0 unspecified atom stereocenters. The van der Waals surface area contributed by atoms with Crippen molar-refractivity contribution >= 4 is 51.5 Å². The summed E-state index contributed by atoms with van der Waals surface area (Å²) in [4.78, 5) is 22.1. The van der Waals surface area contributed by atoms with E-state index in [4.69, 9.17) is 21.4 Å². The van der Waals surface area contributed by atoms with Crippen molar-refractivity contribution in [1.82, 2.24) is 19.7 Å². The molecule has 3 N–H and O–H groups in total. The van der Waals surface area contributed by atoms with Crippen LogP contribution in [0.5, 0.6) is 11.6 Å². The molecule has 0 aliphatic heterocycles. The van der Waals surface area contributed by atoms with Gasteiger partial charge in [-0.25, -0.2) is 14.5 Å². The Bertz CT molecular complexity index is 1960. The highest BCUT2D eigenvalue weighted by molar-refractivity contribution is 6.30. The molecule has 6 rings (SSSR count). The average Bonchev–Trinajstić information content (AvgIpc) is 3.44. The van der Waals surface area contributed by atoms with Gasteiger partial charge in [-0.05, 0) is 62.2 Å². The molecule has 0 saturated carbocycles. The number of hydrogen-bond acceptors (Lipinski definition) is 6. The minimum absolute atomic E-state index is 0.362. The summed E-state index contributed by atoms with van der Waals surface area (Å²) in [6.45, 7) is 4.19. The molecule has 0 radical (unpaired) electrons. The monoisotopic (exact) mass is 617 g/mol. The molecule has 0 aliphatic rings. The molecule has 45 heavy (non-hydrogen) atoms. The van der Waals surface area contributed by atoms with Gasteiger partial charge in [0, 0.05) is 39.8 Å². The Labute approximate surface area is 266 Å². The van der Waals surface area contributed by atoms with Crippen molar-refractivity contribution in [3.8, 4) is 17.3 Å². The first-order valence-electron chi connectivity index (χ1n) is 14.7. The Morgan fingerprint density at radius 1 is 0.911 bits per heavy atom. The van der Waals surface area contributed by atoms with Gasteiger partial charge in [-0.2, -0.15) is 10.1 Å². The standard InChI is InChI=1S/C35H32ClN7O2/c1-3-4-9-26-22-32(43(42-26)27-15-13-23(2)14-16-27)40-35(44)39-30-17-18-31(29-12-6-5-11-28(29)30)45-33-19-20-37-34(41-33)38-25-10-7-8-24(36)21-25/h5-8,10-22H,3-4,9H2,1-2H3,(H,37,38,41)(H2,39,40,44). The molecule has 226 valence electrons. The molecule has 0 aliphatic carbocycles. The summed E-state index contributed by atoms with van der Waals surface area (Å²) in [5, 5.41) is 16.2. The Kier molecular flexibility index (Phi) is 8.89. The van der Waals surface area contributed by atoms with Gasteiger partial charge in [0.25, 0.3) is 0 Å². The van der Waals surface area contributed by atoms with Crippen molar-refractivity contribution in [2.24, 2.45) is 0 Å². The highest BCUT2D eigenvalue weighted by atomic mass is 35.5. The predicted octanol–water partition coefficient (Wildman–Crippen LogP) is 9.30. The van der Waals surface area contributed by atoms with Crippen LogP contribution in [-0.2, 0) is 6.42 Å². The van der Waals surface area contributed by atoms with Gasteiger partial charge in [-0.3, -0.25) is 5.32 Å². The summed E-state index contributed by atoms with van der Waals surface area (Å²) in [6, 6.07) is 29.9. The zero-order chi connectivity index (χ0) is 31.2. The highest BCUT2D eigenvalue weighted by Crippen LogP contribution is 2.34. The number of carbonyl (C=O) groups is 1. The van der Waals surface area contributed by atoms with Gasteiger partial charge in [0.1, 0.15) is 11.6 Å². The molecule has 0 atom stereocenters. The van der Waals surface area contributed by atoms with Crippen LogP contribution in [0, 0.1) is 6.92 Å². The van der Waals surface area contributed by atoms with Gasteiger partial charge in [0.15, 0.2) is 0 Å². The maximum atomic E-state index is 13.3. The summed E-state index contributed by atoms with van der Waals surface area (Å²) in [5.74, 6) is 1.91. The molecule has 2 aromatic heterocycles. The summed E-state index contributed by atoms with van der Waals surface area (Å²) in [5.41, 5.74) is 4.35. The summed E-state index contributed by atoms with van der Waals surface area (Å²) in [6.07, 6.45) is 4.53. The SMILES string of the molecule is CCCCc1cc(NC(=O)Nc2ccc(Oc3ccnc(Nc4cccc(Cl)c4)n3)c3ccccc23)n(-c2ccc(C)cc2)n1. The Balaban J connectivity index is 1.21. The Morgan fingerprint density at radius 2 is 1.73 bits per heavy atom. The Morgan fingerprint density at radius 3 is 2.53 bits per heavy atom. The van der Waals surface area contributed by atoms with Crippen LogP contribution in [-0.4, -0.2) is 25.8 Å². The van der Waals surface area contributed by atoms with Gasteiger partial charge in [-0.1, -0.05) is 73.0 Å². The number of halogens is 1. The normalized spacial score (nSPS) is 10.9. The molecule has 4 aromatic carbocycles. The van der Waals surface area contributed by atoms with Crippen molar-refractivity contribution in [2.75, 3.05) is 16.0 Å². The number of amides is 2. The summed E-state index contributed by atoms with van der Waals surface area (Å²) >= 11 is 6.10. The number of carbonyl (C=O) groups excluding carboxylic acids is 1. The first-order valence-corrected chi connectivity index (χ1v) is 15.1. The largest absolute Gasteiger partial charge is 0.438 e. The molecular weight excluding hydrogens is 586 g/mol. The van der Waals surface area contributed by atoms with Gasteiger partial charge >= 0.3 is 6.03 Å².